The zero-order valence-corrected chi connectivity index (χ0v) is 24.2. The van der Waals surface area contributed by atoms with Crippen LogP contribution in [0.2, 0.25) is 0 Å². The van der Waals surface area contributed by atoms with Crippen LogP contribution in [-0.4, -0.2) is 95.9 Å². The van der Waals surface area contributed by atoms with Crippen molar-refractivity contribution in [1.29, 1.82) is 0 Å². The number of fused-ring (bicyclic) bond motifs is 1. The van der Waals surface area contributed by atoms with Crippen LogP contribution in [0.25, 0.3) is 0 Å². The lowest BCUT2D eigenvalue weighted by molar-refractivity contribution is -0.192. The molecule has 0 bridgehead atoms. The molecule has 2 amide bonds. The summed E-state index contributed by atoms with van der Waals surface area (Å²) in [6, 6.07) is 16.7. The number of nitrogens with zero attached hydrogens (tertiary/aromatic N) is 3. The first-order valence-corrected chi connectivity index (χ1v) is 15.5. The molecule has 10 nitrogen and oxygen atoms in total. The summed E-state index contributed by atoms with van der Waals surface area (Å²) in [4.78, 5) is 39.7. The van der Waals surface area contributed by atoms with Crippen molar-refractivity contribution < 1.29 is 41.1 Å². The van der Waals surface area contributed by atoms with Gasteiger partial charge in [-0.05, 0) is 55.7 Å². The fraction of sp³-hybridized carbons (Fsp3) is 0.483. The van der Waals surface area contributed by atoms with Gasteiger partial charge in [0.05, 0.1) is 10.9 Å². The molecule has 3 N–H and O–H groups in total. The number of amides is 2. The molecule has 0 aliphatic carbocycles. The van der Waals surface area contributed by atoms with E-state index in [1.807, 2.05) is 35.2 Å². The Morgan fingerprint density at radius 2 is 1.49 bits per heavy atom. The minimum atomic E-state index is -5.08. The summed E-state index contributed by atoms with van der Waals surface area (Å²) in [7, 11) is -3.62. The molecule has 3 saturated heterocycles. The van der Waals surface area contributed by atoms with Gasteiger partial charge in [-0.2, -0.15) is 17.5 Å². The van der Waals surface area contributed by atoms with Crippen molar-refractivity contribution in [2.24, 2.45) is 11.7 Å². The van der Waals surface area contributed by atoms with Gasteiger partial charge in [0.1, 0.15) is 6.04 Å². The fourth-order valence-electron chi connectivity index (χ4n) is 5.99. The van der Waals surface area contributed by atoms with Crippen LogP contribution in [0, 0.1) is 5.92 Å². The molecule has 0 spiro atoms. The van der Waals surface area contributed by atoms with E-state index in [1.54, 1.807) is 35.2 Å². The average molecular weight is 625 g/mol. The third-order valence-electron chi connectivity index (χ3n) is 8.17. The lowest BCUT2D eigenvalue weighted by Gasteiger charge is -2.39. The molecule has 43 heavy (non-hydrogen) atoms. The third-order valence-corrected chi connectivity index (χ3v) is 10.0. The van der Waals surface area contributed by atoms with Crippen molar-refractivity contribution in [3.63, 3.8) is 0 Å². The first-order valence-electron chi connectivity index (χ1n) is 14.1. The molecule has 14 heteroatoms. The zero-order valence-electron chi connectivity index (χ0n) is 23.4. The number of alkyl halides is 3. The first kappa shape index (κ1) is 32.4. The molecule has 3 aliphatic heterocycles. The van der Waals surface area contributed by atoms with Gasteiger partial charge in [-0.25, -0.2) is 13.2 Å². The lowest BCUT2D eigenvalue weighted by Crippen LogP contribution is -2.56. The van der Waals surface area contributed by atoms with Crippen molar-refractivity contribution in [3.8, 4) is 0 Å². The Balaban J connectivity index is 0.000000541. The van der Waals surface area contributed by atoms with E-state index in [2.05, 4.69) is 0 Å². The molecule has 0 radical (unpaired) electrons. The number of piperidine rings is 1. The number of hydrogen-bond acceptors (Lipinski definition) is 6. The summed E-state index contributed by atoms with van der Waals surface area (Å²) in [5, 5.41) is 7.12. The number of rotatable bonds is 6. The van der Waals surface area contributed by atoms with Crippen LogP contribution in [-0.2, 0) is 30.8 Å². The van der Waals surface area contributed by atoms with Gasteiger partial charge in [-0.3, -0.25) is 9.59 Å². The minimum absolute atomic E-state index is 0.0702. The van der Waals surface area contributed by atoms with Crippen LogP contribution in [0.4, 0.5) is 13.2 Å². The second-order valence-corrected chi connectivity index (χ2v) is 12.8. The van der Waals surface area contributed by atoms with Crippen LogP contribution < -0.4 is 5.73 Å². The summed E-state index contributed by atoms with van der Waals surface area (Å²) in [6.45, 7) is 1.88. The van der Waals surface area contributed by atoms with E-state index in [4.69, 9.17) is 15.6 Å². The standard InChI is InChI=1S/C27H34N4O4S.C2HF3O2/c28-23(18-20-8-3-1-4-9-20)26(32)30-15-7-12-24(30)27(33)31-17-14-21-13-16-29(19-25(21)31)36(34,35)22-10-5-2-6-11-22;3-2(4,5)1(6)7/h1-6,8-11,21,23-25H,7,12-19,28H2;(H,6,7)/t21?,23-,24+,25?;/m0./s1. The number of carboxylic acids is 1. The van der Waals surface area contributed by atoms with Crippen LogP contribution in [0.3, 0.4) is 0 Å². The van der Waals surface area contributed by atoms with Crippen molar-refractivity contribution in [2.45, 2.75) is 61.3 Å². The molecule has 0 saturated carbocycles. The SMILES string of the molecule is N[C@@H](Cc1ccccc1)C(=O)N1CCC[C@@H]1C(=O)N1CCC2CCN(S(=O)(=O)c3ccccc3)CC21.O=C(O)C(F)(F)F. The van der Waals surface area contributed by atoms with E-state index >= 15 is 0 Å². The van der Waals surface area contributed by atoms with Gasteiger partial charge in [-0.1, -0.05) is 48.5 Å². The summed E-state index contributed by atoms with van der Waals surface area (Å²) >= 11 is 0. The number of carboxylic acid groups (broad SMARTS) is 1. The summed E-state index contributed by atoms with van der Waals surface area (Å²) in [5.41, 5.74) is 7.27. The highest BCUT2D eigenvalue weighted by molar-refractivity contribution is 7.89. The number of likely N-dealkylation sites (tertiary alicyclic amines) is 2. The van der Waals surface area contributed by atoms with E-state index in [9.17, 15) is 31.2 Å². The zero-order chi connectivity index (χ0) is 31.4. The van der Waals surface area contributed by atoms with Gasteiger partial charge in [0.25, 0.3) is 0 Å². The van der Waals surface area contributed by atoms with Crippen molar-refractivity contribution in [2.75, 3.05) is 26.2 Å². The molecule has 234 valence electrons. The van der Waals surface area contributed by atoms with Gasteiger partial charge >= 0.3 is 12.1 Å². The molecular formula is C29H35F3N4O6S. The third kappa shape index (κ3) is 7.54. The predicted molar refractivity (Wildman–Crippen MR) is 150 cm³/mol. The highest BCUT2D eigenvalue weighted by Crippen LogP contribution is 2.35. The fourth-order valence-corrected chi connectivity index (χ4v) is 7.49. The van der Waals surface area contributed by atoms with Crippen LogP contribution in [0.15, 0.2) is 65.6 Å². The molecule has 5 rings (SSSR count). The number of hydrogen-bond donors (Lipinski definition) is 2. The summed E-state index contributed by atoms with van der Waals surface area (Å²) in [5.74, 6) is -2.74. The molecule has 4 atom stereocenters. The van der Waals surface area contributed by atoms with Crippen LogP contribution in [0.5, 0.6) is 0 Å². The number of sulfonamides is 1. The maximum Gasteiger partial charge on any atom is 0.490 e. The summed E-state index contributed by atoms with van der Waals surface area (Å²) < 4.78 is 59.7. The smallest absolute Gasteiger partial charge is 0.475 e. The Kier molecular flexibility index (Phi) is 10.1. The topological polar surface area (TPSA) is 141 Å². The number of carbonyl (C=O) groups excluding carboxylic acids is 2. The number of aliphatic carboxylic acids is 1. The number of nitrogens with two attached hydrogens (primary N) is 1. The molecule has 3 aliphatic rings. The maximum absolute atomic E-state index is 13.7. The van der Waals surface area contributed by atoms with Crippen molar-refractivity contribution in [1.82, 2.24) is 14.1 Å². The Bertz CT molecular complexity index is 1390. The highest BCUT2D eigenvalue weighted by atomic mass is 32.2. The largest absolute Gasteiger partial charge is 0.490 e. The molecule has 2 aromatic rings. The monoisotopic (exact) mass is 624 g/mol. The Morgan fingerprint density at radius 3 is 2.09 bits per heavy atom. The predicted octanol–water partition coefficient (Wildman–Crippen LogP) is 2.49. The molecular weight excluding hydrogens is 589 g/mol. The van der Waals surface area contributed by atoms with Crippen molar-refractivity contribution in [3.05, 3.63) is 66.2 Å². The highest BCUT2D eigenvalue weighted by Gasteiger charge is 2.47. The van der Waals surface area contributed by atoms with E-state index in [-0.39, 0.29) is 28.7 Å². The van der Waals surface area contributed by atoms with E-state index in [0.29, 0.717) is 39.0 Å². The van der Waals surface area contributed by atoms with E-state index < -0.39 is 34.3 Å². The number of benzene rings is 2. The van der Waals surface area contributed by atoms with Crippen LogP contribution in [0.1, 0.15) is 31.2 Å². The van der Waals surface area contributed by atoms with E-state index in [1.165, 1.54) is 4.31 Å². The first-order chi connectivity index (χ1) is 20.3. The Labute approximate surface area is 248 Å². The normalized spacial score (nSPS) is 23.2. The van der Waals surface area contributed by atoms with Crippen LogP contribution >= 0.6 is 0 Å². The van der Waals surface area contributed by atoms with E-state index in [0.717, 1.165) is 24.8 Å². The molecule has 0 aromatic heterocycles. The Hall–Kier alpha value is -3.49. The maximum atomic E-state index is 13.7. The number of carbonyl (C=O) groups is 3. The van der Waals surface area contributed by atoms with Crippen molar-refractivity contribution >= 4 is 27.8 Å². The second kappa shape index (κ2) is 13.4. The quantitative estimate of drug-likeness (QED) is 0.503. The minimum Gasteiger partial charge on any atom is -0.475 e. The van der Waals surface area contributed by atoms with Gasteiger partial charge in [0.15, 0.2) is 0 Å². The van der Waals surface area contributed by atoms with Gasteiger partial charge < -0.3 is 20.6 Å². The van der Waals surface area contributed by atoms with Gasteiger partial charge in [-0.15, -0.1) is 0 Å². The molecule has 3 heterocycles. The molecule has 2 unspecified atom stereocenters. The summed E-state index contributed by atoms with van der Waals surface area (Å²) in [6.07, 6.45) is -1.68. The second-order valence-electron chi connectivity index (χ2n) is 10.9. The van der Waals surface area contributed by atoms with Gasteiger partial charge in [0, 0.05) is 32.2 Å². The molecule has 3 fully saturated rings. The lowest BCUT2D eigenvalue weighted by atomic mass is 9.93. The Morgan fingerprint density at radius 1 is 0.907 bits per heavy atom. The van der Waals surface area contributed by atoms with Gasteiger partial charge in [0.2, 0.25) is 21.8 Å². The molecule has 2 aromatic carbocycles. The average Bonchev–Trinajstić information content (AvgIpc) is 3.65. The number of halogens is 3.